The van der Waals surface area contributed by atoms with E-state index in [1.165, 1.54) is 24.4 Å². The maximum atomic E-state index is 12.5. The molecular formula is C29H30F5N3O3. The van der Waals surface area contributed by atoms with Crippen molar-refractivity contribution in [2.45, 2.75) is 33.0 Å². The van der Waals surface area contributed by atoms with Crippen molar-refractivity contribution < 1.29 is 36.0 Å². The van der Waals surface area contributed by atoms with Gasteiger partial charge < -0.3 is 19.8 Å². The van der Waals surface area contributed by atoms with Crippen molar-refractivity contribution in [3.63, 3.8) is 0 Å². The van der Waals surface area contributed by atoms with Gasteiger partial charge in [0.15, 0.2) is 6.29 Å². The Morgan fingerprint density at radius 2 is 1.62 bits per heavy atom. The van der Waals surface area contributed by atoms with Gasteiger partial charge >= 0.3 is 6.18 Å². The summed E-state index contributed by atoms with van der Waals surface area (Å²) in [6.45, 7) is 4.21. The smallest absolute Gasteiger partial charge is 0.416 e. The maximum absolute atomic E-state index is 12.5. The third kappa shape index (κ3) is 9.26. The molecule has 214 valence electrons. The van der Waals surface area contributed by atoms with Gasteiger partial charge in [-0.1, -0.05) is 26.0 Å². The monoisotopic (exact) mass is 563 g/mol. The Morgan fingerprint density at radius 3 is 2.12 bits per heavy atom. The van der Waals surface area contributed by atoms with Crippen molar-refractivity contribution in [3.05, 3.63) is 83.2 Å². The second-order valence-electron chi connectivity index (χ2n) is 8.84. The average molecular weight is 564 g/mol. The molecule has 0 aliphatic rings. The number of nitrogens with zero attached hydrogens (tertiary/aromatic N) is 1. The lowest BCUT2D eigenvalue weighted by atomic mass is 10.1. The fourth-order valence-electron chi connectivity index (χ4n) is 3.28. The molecule has 2 aromatic heterocycles. The quantitative estimate of drug-likeness (QED) is 0.178. The highest BCUT2D eigenvalue weighted by Gasteiger charge is 2.30. The van der Waals surface area contributed by atoms with Crippen LogP contribution in [-0.4, -0.2) is 31.7 Å². The molecular weight excluding hydrogens is 533 g/mol. The van der Waals surface area contributed by atoms with Gasteiger partial charge in [0, 0.05) is 47.9 Å². The molecule has 2 aromatic carbocycles. The summed E-state index contributed by atoms with van der Waals surface area (Å²) in [5.41, 5.74) is 1.79. The highest BCUT2D eigenvalue weighted by atomic mass is 19.4. The zero-order valence-corrected chi connectivity index (χ0v) is 22.4. The molecule has 11 heteroatoms. The van der Waals surface area contributed by atoms with Crippen molar-refractivity contribution >= 4 is 29.2 Å². The fourth-order valence-corrected chi connectivity index (χ4v) is 3.28. The molecule has 0 spiro atoms. The fraction of sp³-hybridized carbons (Fsp3) is 0.276. The average Bonchev–Trinajstić information content (AvgIpc) is 3.36. The molecule has 0 fully saturated rings. The van der Waals surface area contributed by atoms with Crippen LogP contribution in [0.15, 0.2) is 65.2 Å². The molecule has 2 heterocycles. The number of alkyl halides is 5. The molecule has 6 nitrogen and oxygen atoms in total. The van der Waals surface area contributed by atoms with Gasteiger partial charge in [-0.3, -0.25) is 9.78 Å². The number of rotatable bonds is 7. The van der Waals surface area contributed by atoms with E-state index in [0.717, 1.165) is 29.5 Å². The molecule has 0 radical (unpaired) electrons. The Hall–Kier alpha value is -4.12. The lowest BCUT2D eigenvalue weighted by molar-refractivity contribution is -0.137. The van der Waals surface area contributed by atoms with Gasteiger partial charge in [0.2, 0.25) is 0 Å². The van der Waals surface area contributed by atoms with Crippen LogP contribution >= 0.6 is 0 Å². The van der Waals surface area contributed by atoms with Crippen molar-refractivity contribution in [1.29, 1.82) is 0 Å². The van der Waals surface area contributed by atoms with Crippen LogP contribution in [0.5, 0.6) is 0 Å². The maximum Gasteiger partial charge on any atom is 0.416 e. The minimum absolute atomic E-state index is 0.0484. The SMILES string of the molecule is CC(C)C=O.CNCc1cnc(C(F)F)c(C=O)c1.CNc1ccc2oc(-c3ccc(C(F)(F)F)cc3)cc2c1. The summed E-state index contributed by atoms with van der Waals surface area (Å²) >= 11 is 0. The number of furan rings is 1. The molecule has 0 unspecified atom stereocenters. The van der Waals surface area contributed by atoms with Crippen LogP contribution in [0.3, 0.4) is 0 Å². The molecule has 4 rings (SSSR count). The summed E-state index contributed by atoms with van der Waals surface area (Å²) in [4.78, 5) is 23.5. The molecule has 40 heavy (non-hydrogen) atoms. The van der Waals surface area contributed by atoms with Crippen LogP contribution in [-0.2, 0) is 17.5 Å². The number of halogens is 5. The predicted octanol–water partition coefficient (Wildman–Crippen LogP) is 7.55. The van der Waals surface area contributed by atoms with E-state index in [1.807, 2.05) is 45.2 Å². The van der Waals surface area contributed by atoms with E-state index in [4.69, 9.17) is 4.42 Å². The van der Waals surface area contributed by atoms with Crippen molar-refractivity contribution in [1.82, 2.24) is 10.3 Å². The first-order valence-corrected chi connectivity index (χ1v) is 12.1. The first kappa shape index (κ1) is 32.1. The topological polar surface area (TPSA) is 84.2 Å². The zero-order valence-electron chi connectivity index (χ0n) is 22.4. The summed E-state index contributed by atoms with van der Waals surface area (Å²) in [6.07, 6.45) is -4.38. The van der Waals surface area contributed by atoms with E-state index in [0.29, 0.717) is 35.3 Å². The molecule has 0 aliphatic heterocycles. The number of hydrogen-bond donors (Lipinski definition) is 2. The van der Waals surface area contributed by atoms with Gasteiger partial charge in [0.25, 0.3) is 6.43 Å². The van der Waals surface area contributed by atoms with E-state index in [9.17, 15) is 31.5 Å². The first-order chi connectivity index (χ1) is 18.9. The number of pyridine rings is 1. The number of aromatic nitrogens is 1. The third-order valence-electron chi connectivity index (χ3n) is 5.29. The predicted molar refractivity (Wildman–Crippen MR) is 144 cm³/mol. The molecule has 2 N–H and O–H groups in total. The summed E-state index contributed by atoms with van der Waals surface area (Å²) < 4.78 is 67.9. The number of carbonyl (C=O) groups is 2. The lowest BCUT2D eigenvalue weighted by Crippen LogP contribution is -2.07. The van der Waals surface area contributed by atoms with Crippen LogP contribution in [0.4, 0.5) is 27.6 Å². The zero-order chi connectivity index (χ0) is 29.9. The molecule has 0 saturated heterocycles. The van der Waals surface area contributed by atoms with Gasteiger partial charge in [0.05, 0.1) is 5.56 Å². The Bertz CT molecular complexity index is 1380. The molecule has 0 saturated carbocycles. The molecule has 4 aromatic rings. The van der Waals surface area contributed by atoms with Gasteiger partial charge in [-0.15, -0.1) is 0 Å². The highest BCUT2D eigenvalue weighted by molar-refractivity contribution is 5.85. The third-order valence-corrected chi connectivity index (χ3v) is 5.29. The number of carbonyl (C=O) groups excluding carboxylic acids is 2. The largest absolute Gasteiger partial charge is 0.456 e. The van der Waals surface area contributed by atoms with E-state index in [1.54, 1.807) is 7.05 Å². The normalized spacial score (nSPS) is 11.0. The lowest BCUT2D eigenvalue weighted by Gasteiger charge is -2.06. The number of aldehydes is 2. The summed E-state index contributed by atoms with van der Waals surface area (Å²) in [6, 6.07) is 13.8. The van der Waals surface area contributed by atoms with Crippen molar-refractivity contribution in [3.8, 4) is 11.3 Å². The van der Waals surface area contributed by atoms with E-state index in [2.05, 4.69) is 15.6 Å². The molecule has 0 aliphatic carbocycles. The van der Waals surface area contributed by atoms with Crippen molar-refractivity contribution in [2.75, 3.05) is 19.4 Å². The molecule has 0 atom stereocenters. The molecule has 0 bridgehead atoms. The minimum Gasteiger partial charge on any atom is -0.456 e. The summed E-state index contributed by atoms with van der Waals surface area (Å²) in [7, 11) is 3.54. The standard InChI is InChI=1S/C16H12F3NO.C9H10F2N2O.C4H8O/c1-20-13-6-7-14-11(8-13)9-15(21-14)10-2-4-12(5-3-10)16(17,18)19;1-12-3-6-2-7(5-14)8(9(10)11)13-4-6;1-4(2)3-5/h2-9,20H,1H3;2,4-5,9,12H,3H2,1H3;3-4H,1-2H3. The van der Waals surface area contributed by atoms with Gasteiger partial charge in [-0.2, -0.15) is 13.2 Å². The highest BCUT2D eigenvalue weighted by Crippen LogP contribution is 2.33. The van der Waals surface area contributed by atoms with Crippen LogP contribution in [0.1, 0.15) is 47.5 Å². The van der Waals surface area contributed by atoms with Gasteiger partial charge in [-0.05, 0) is 55.1 Å². The Kier molecular flexibility index (Phi) is 11.9. The Balaban J connectivity index is 0.000000255. The number of anilines is 1. The van der Waals surface area contributed by atoms with Gasteiger partial charge in [0.1, 0.15) is 23.3 Å². The van der Waals surface area contributed by atoms with Gasteiger partial charge in [-0.25, -0.2) is 8.78 Å². The van der Waals surface area contributed by atoms with Crippen molar-refractivity contribution in [2.24, 2.45) is 5.92 Å². The number of hydrogen-bond acceptors (Lipinski definition) is 6. The Morgan fingerprint density at radius 1 is 0.975 bits per heavy atom. The Labute approximate surface area is 228 Å². The molecule has 0 amide bonds. The van der Waals surface area contributed by atoms with E-state index < -0.39 is 23.9 Å². The number of nitrogens with one attached hydrogen (secondary N) is 2. The number of benzene rings is 2. The minimum atomic E-state index is -4.33. The first-order valence-electron chi connectivity index (χ1n) is 12.1. The second-order valence-corrected chi connectivity index (χ2v) is 8.84. The summed E-state index contributed by atoms with van der Waals surface area (Å²) in [5, 5.41) is 6.77. The van der Waals surface area contributed by atoms with Crippen LogP contribution < -0.4 is 10.6 Å². The summed E-state index contributed by atoms with van der Waals surface area (Å²) in [5.74, 6) is 0.752. The van der Waals surface area contributed by atoms with E-state index >= 15 is 0 Å². The van der Waals surface area contributed by atoms with Crippen LogP contribution in [0.2, 0.25) is 0 Å². The van der Waals surface area contributed by atoms with Crippen LogP contribution in [0, 0.1) is 5.92 Å². The second kappa shape index (κ2) is 14.9. The van der Waals surface area contributed by atoms with E-state index in [-0.39, 0.29) is 11.5 Å². The number of fused-ring (bicyclic) bond motifs is 1. The van der Waals surface area contributed by atoms with Crippen LogP contribution in [0.25, 0.3) is 22.3 Å².